The summed E-state index contributed by atoms with van der Waals surface area (Å²) in [4.78, 5) is 3.90. The highest BCUT2D eigenvalue weighted by atomic mass is 19.1. The summed E-state index contributed by atoms with van der Waals surface area (Å²) in [5.41, 5.74) is 0. The standard InChI is InChI=1S/C12H19FN2O/c1-10(2)9-16-8-4-7-15-12-11(13)5-3-6-14-12/h3,5-6,10H,4,7-9H2,1-2H3,(H,14,15). The van der Waals surface area contributed by atoms with Gasteiger partial charge in [0, 0.05) is 26.0 Å². The Morgan fingerprint density at radius 1 is 1.50 bits per heavy atom. The highest BCUT2D eigenvalue weighted by Crippen LogP contribution is 2.07. The first-order valence-corrected chi connectivity index (χ1v) is 5.62. The fourth-order valence-electron chi connectivity index (χ4n) is 1.22. The lowest BCUT2D eigenvalue weighted by Crippen LogP contribution is -2.10. The Hall–Kier alpha value is -1.16. The zero-order valence-corrected chi connectivity index (χ0v) is 9.87. The van der Waals surface area contributed by atoms with E-state index < -0.39 is 0 Å². The molecular formula is C12H19FN2O. The molecule has 0 unspecified atom stereocenters. The van der Waals surface area contributed by atoms with Crippen molar-refractivity contribution in [2.45, 2.75) is 20.3 Å². The van der Waals surface area contributed by atoms with Gasteiger partial charge in [-0.15, -0.1) is 0 Å². The summed E-state index contributed by atoms with van der Waals surface area (Å²) < 4.78 is 18.5. The van der Waals surface area contributed by atoms with Crippen LogP contribution in [0.25, 0.3) is 0 Å². The number of nitrogens with zero attached hydrogens (tertiary/aromatic N) is 1. The number of halogens is 1. The molecule has 1 heterocycles. The molecule has 0 saturated carbocycles. The monoisotopic (exact) mass is 226 g/mol. The van der Waals surface area contributed by atoms with Gasteiger partial charge in [-0.3, -0.25) is 0 Å². The summed E-state index contributed by atoms with van der Waals surface area (Å²) in [6, 6.07) is 2.97. The molecule has 0 amide bonds. The molecule has 0 aliphatic rings. The molecule has 0 aliphatic heterocycles. The van der Waals surface area contributed by atoms with E-state index in [9.17, 15) is 4.39 Å². The molecule has 1 aromatic heterocycles. The van der Waals surface area contributed by atoms with E-state index in [1.807, 2.05) is 0 Å². The maximum absolute atomic E-state index is 13.1. The normalized spacial score (nSPS) is 10.8. The average Bonchev–Trinajstić information content (AvgIpc) is 2.25. The first-order valence-electron chi connectivity index (χ1n) is 5.62. The Morgan fingerprint density at radius 3 is 3.00 bits per heavy atom. The number of pyridine rings is 1. The van der Waals surface area contributed by atoms with E-state index >= 15 is 0 Å². The topological polar surface area (TPSA) is 34.1 Å². The van der Waals surface area contributed by atoms with Crippen LogP contribution >= 0.6 is 0 Å². The van der Waals surface area contributed by atoms with Crippen LogP contribution in [-0.2, 0) is 4.74 Å². The second-order valence-electron chi connectivity index (χ2n) is 4.08. The van der Waals surface area contributed by atoms with E-state index in [-0.39, 0.29) is 5.82 Å². The molecule has 3 nitrogen and oxygen atoms in total. The van der Waals surface area contributed by atoms with Gasteiger partial charge < -0.3 is 10.1 Å². The number of ether oxygens (including phenoxy) is 1. The van der Waals surface area contributed by atoms with Crippen molar-refractivity contribution in [3.05, 3.63) is 24.1 Å². The highest BCUT2D eigenvalue weighted by molar-refractivity contribution is 5.35. The van der Waals surface area contributed by atoms with Crippen molar-refractivity contribution in [2.24, 2.45) is 5.92 Å². The summed E-state index contributed by atoms with van der Waals surface area (Å²) in [7, 11) is 0. The second kappa shape index (κ2) is 7.17. The molecule has 0 radical (unpaired) electrons. The average molecular weight is 226 g/mol. The third-order valence-corrected chi connectivity index (χ3v) is 1.97. The number of aromatic nitrogens is 1. The Kier molecular flexibility index (Phi) is 5.78. The van der Waals surface area contributed by atoms with Gasteiger partial charge in [-0.1, -0.05) is 13.8 Å². The molecule has 0 spiro atoms. The minimum absolute atomic E-state index is 0.311. The van der Waals surface area contributed by atoms with E-state index in [2.05, 4.69) is 24.1 Å². The Labute approximate surface area is 96.0 Å². The lowest BCUT2D eigenvalue weighted by molar-refractivity contribution is 0.110. The van der Waals surface area contributed by atoms with Crippen molar-refractivity contribution in [2.75, 3.05) is 25.1 Å². The van der Waals surface area contributed by atoms with E-state index in [0.29, 0.717) is 24.9 Å². The summed E-state index contributed by atoms with van der Waals surface area (Å²) in [5, 5.41) is 2.93. The van der Waals surface area contributed by atoms with Crippen LogP contribution in [0.1, 0.15) is 20.3 Å². The smallest absolute Gasteiger partial charge is 0.165 e. The summed E-state index contributed by atoms with van der Waals surface area (Å²) in [5.74, 6) is 0.554. The Morgan fingerprint density at radius 2 is 2.31 bits per heavy atom. The Bertz CT molecular complexity index is 305. The van der Waals surface area contributed by atoms with Crippen molar-refractivity contribution in [1.82, 2.24) is 4.98 Å². The number of nitrogens with one attached hydrogen (secondary N) is 1. The van der Waals surface area contributed by atoms with Gasteiger partial charge in [-0.25, -0.2) is 9.37 Å². The van der Waals surface area contributed by atoms with E-state index in [1.54, 1.807) is 12.3 Å². The third kappa shape index (κ3) is 5.07. The number of hydrogen-bond donors (Lipinski definition) is 1. The van der Waals surface area contributed by atoms with Crippen molar-refractivity contribution in [1.29, 1.82) is 0 Å². The molecule has 1 rings (SSSR count). The zero-order valence-electron chi connectivity index (χ0n) is 9.87. The van der Waals surface area contributed by atoms with Gasteiger partial charge in [-0.05, 0) is 24.5 Å². The minimum Gasteiger partial charge on any atom is -0.381 e. The van der Waals surface area contributed by atoms with E-state index in [1.165, 1.54) is 6.07 Å². The van der Waals surface area contributed by atoms with Crippen molar-refractivity contribution < 1.29 is 9.13 Å². The predicted octanol–water partition coefficient (Wildman–Crippen LogP) is 2.70. The van der Waals surface area contributed by atoms with Crippen molar-refractivity contribution in [3.63, 3.8) is 0 Å². The van der Waals surface area contributed by atoms with Crippen LogP contribution in [0.2, 0.25) is 0 Å². The SMILES string of the molecule is CC(C)COCCCNc1ncccc1F. The second-order valence-corrected chi connectivity index (χ2v) is 4.08. The molecular weight excluding hydrogens is 207 g/mol. The maximum atomic E-state index is 13.1. The van der Waals surface area contributed by atoms with Crippen molar-refractivity contribution in [3.8, 4) is 0 Å². The molecule has 0 aromatic carbocycles. The van der Waals surface area contributed by atoms with Crippen LogP contribution in [0.5, 0.6) is 0 Å². The fourth-order valence-corrected chi connectivity index (χ4v) is 1.22. The lowest BCUT2D eigenvalue weighted by atomic mass is 10.2. The summed E-state index contributed by atoms with van der Waals surface area (Å²) in [6.07, 6.45) is 2.42. The molecule has 0 bridgehead atoms. The molecule has 90 valence electrons. The van der Waals surface area contributed by atoms with Gasteiger partial charge >= 0.3 is 0 Å². The maximum Gasteiger partial charge on any atom is 0.165 e. The van der Waals surface area contributed by atoms with Gasteiger partial charge in [0.25, 0.3) is 0 Å². The van der Waals surface area contributed by atoms with Gasteiger partial charge in [0.2, 0.25) is 0 Å². The first kappa shape index (κ1) is 12.9. The molecule has 4 heteroatoms. The molecule has 16 heavy (non-hydrogen) atoms. The quantitative estimate of drug-likeness (QED) is 0.726. The number of anilines is 1. The molecule has 1 N–H and O–H groups in total. The van der Waals surface area contributed by atoms with E-state index in [4.69, 9.17) is 4.74 Å². The van der Waals surface area contributed by atoms with Crippen LogP contribution in [-0.4, -0.2) is 24.7 Å². The van der Waals surface area contributed by atoms with Gasteiger partial charge in [0.1, 0.15) is 0 Å². The molecule has 0 aliphatic carbocycles. The number of rotatable bonds is 7. The van der Waals surface area contributed by atoms with Gasteiger partial charge in [-0.2, -0.15) is 0 Å². The van der Waals surface area contributed by atoms with Crippen LogP contribution in [0.4, 0.5) is 10.2 Å². The highest BCUT2D eigenvalue weighted by Gasteiger charge is 2.00. The summed E-state index contributed by atoms with van der Waals surface area (Å²) in [6.45, 7) is 6.37. The summed E-state index contributed by atoms with van der Waals surface area (Å²) >= 11 is 0. The first-order chi connectivity index (χ1) is 7.70. The predicted molar refractivity (Wildman–Crippen MR) is 63.0 cm³/mol. The Balaban J connectivity index is 2.10. The molecule has 0 saturated heterocycles. The lowest BCUT2D eigenvalue weighted by Gasteiger charge is -2.08. The van der Waals surface area contributed by atoms with Gasteiger partial charge in [0.15, 0.2) is 11.6 Å². The minimum atomic E-state index is -0.314. The molecule has 1 aromatic rings. The van der Waals surface area contributed by atoms with Crippen molar-refractivity contribution >= 4 is 5.82 Å². The van der Waals surface area contributed by atoms with Crippen LogP contribution in [0.3, 0.4) is 0 Å². The molecule has 0 atom stereocenters. The van der Waals surface area contributed by atoms with E-state index in [0.717, 1.165) is 13.0 Å². The zero-order chi connectivity index (χ0) is 11.8. The fraction of sp³-hybridized carbons (Fsp3) is 0.583. The third-order valence-electron chi connectivity index (χ3n) is 1.97. The number of hydrogen-bond acceptors (Lipinski definition) is 3. The largest absolute Gasteiger partial charge is 0.381 e. The van der Waals surface area contributed by atoms with Gasteiger partial charge in [0.05, 0.1) is 0 Å². The van der Waals surface area contributed by atoms with Crippen LogP contribution < -0.4 is 5.32 Å². The van der Waals surface area contributed by atoms with Crippen LogP contribution in [0.15, 0.2) is 18.3 Å². The van der Waals surface area contributed by atoms with Crippen LogP contribution in [0, 0.1) is 11.7 Å². The molecule has 0 fully saturated rings.